The lowest BCUT2D eigenvalue weighted by atomic mass is 10.1. The van der Waals surface area contributed by atoms with Crippen LogP contribution >= 0.6 is 0 Å². The molecule has 0 aliphatic carbocycles. The van der Waals surface area contributed by atoms with Gasteiger partial charge >= 0.3 is 12.0 Å². The molecule has 2 N–H and O–H groups in total. The van der Waals surface area contributed by atoms with Crippen molar-refractivity contribution in [2.75, 3.05) is 39.5 Å². The number of nitrogens with one attached hydrogen (secondary N) is 1. The van der Waals surface area contributed by atoms with Crippen LogP contribution < -0.4 is 5.32 Å². The van der Waals surface area contributed by atoms with Crippen LogP contribution in [0.5, 0.6) is 0 Å². The Morgan fingerprint density at radius 2 is 1.85 bits per heavy atom. The molecule has 1 rings (SSSR count). The summed E-state index contributed by atoms with van der Waals surface area (Å²) >= 11 is 0. The van der Waals surface area contributed by atoms with E-state index in [-0.39, 0.29) is 11.6 Å². The fourth-order valence-corrected chi connectivity index (χ4v) is 1.66. The number of benzene rings is 1. The van der Waals surface area contributed by atoms with E-state index in [0.717, 1.165) is 6.54 Å². The lowest BCUT2D eigenvalue weighted by molar-refractivity contribution is 0.0696. The first-order valence-corrected chi connectivity index (χ1v) is 6.32. The van der Waals surface area contributed by atoms with Crippen molar-refractivity contribution in [3.63, 3.8) is 0 Å². The van der Waals surface area contributed by atoms with Gasteiger partial charge in [-0.2, -0.15) is 0 Å². The Morgan fingerprint density at radius 3 is 2.40 bits per heavy atom. The smallest absolute Gasteiger partial charge is 0.336 e. The highest BCUT2D eigenvalue weighted by Crippen LogP contribution is 2.19. The number of anilines is 1. The van der Waals surface area contributed by atoms with E-state index in [9.17, 15) is 9.59 Å². The normalized spacial score (nSPS) is 10.4. The van der Waals surface area contributed by atoms with Gasteiger partial charge in [-0.05, 0) is 38.7 Å². The molecule has 0 radical (unpaired) electrons. The third-order valence-electron chi connectivity index (χ3n) is 3.04. The second-order valence-electron chi connectivity index (χ2n) is 4.94. The van der Waals surface area contributed by atoms with E-state index in [1.807, 2.05) is 19.0 Å². The Hall–Kier alpha value is -2.08. The molecule has 6 nitrogen and oxygen atoms in total. The zero-order valence-electron chi connectivity index (χ0n) is 12.3. The maximum atomic E-state index is 12.0. The van der Waals surface area contributed by atoms with Crippen molar-refractivity contribution in [2.45, 2.75) is 6.92 Å². The summed E-state index contributed by atoms with van der Waals surface area (Å²) in [7, 11) is 5.58. The average Bonchev–Trinajstić information content (AvgIpc) is 2.37. The van der Waals surface area contributed by atoms with Crippen LogP contribution in [-0.2, 0) is 0 Å². The van der Waals surface area contributed by atoms with Crippen LogP contribution in [0.2, 0.25) is 0 Å². The number of carbonyl (C=O) groups is 2. The van der Waals surface area contributed by atoms with Crippen LogP contribution in [0.15, 0.2) is 18.2 Å². The number of urea groups is 1. The first-order valence-electron chi connectivity index (χ1n) is 6.32. The summed E-state index contributed by atoms with van der Waals surface area (Å²) in [6, 6.07) is 4.58. The van der Waals surface area contributed by atoms with Crippen molar-refractivity contribution in [3.8, 4) is 0 Å². The standard InChI is InChI=1S/C14H21N3O3/c1-10-11(13(18)19)6-5-7-12(10)15-14(20)17(4)9-8-16(2)3/h5-7H,8-9H2,1-4H3,(H,15,20)(H,18,19). The summed E-state index contributed by atoms with van der Waals surface area (Å²) < 4.78 is 0. The van der Waals surface area contributed by atoms with Crippen LogP contribution in [0.4, 0.5) is 10.5 Å². The van der Waals surface area contributed by atoms with Gasteiger partial charge in [-0.1, -0.05) is 6.07 Å². The molecule has 0 spiro atoms. The summed E-state index contributed by atoms with van der Waals surface area (Å²) in [6.07, 6.45) is 0. The molecule has 0 saturated heterocycles. The zero-order valence-corrected chi connectivity index (χ0v) is 12.3. The number of carboxylic acids is 1. The lowest BCUT2D eigenvalue weighted by Gasteiger charge is -2.21. The maximum Gasteiger partial charge on any atom is 0.336 e. The van der Waals surface area contributed by atoms with Gasteiger partial charge in [-0.3, -0.25) is 0 Å². The molecule has 1 aromatic rings. The Morgan fingerprint density at radius 1 is 1.20 bits per heavy atom. The van der Waals surface area contributed by atoms with E-state index < -0.39 is 5.97 Å². The topological polar surface area (TPSA) is 72.9 Å². The number of hydrogen-bond acceptors (Lipinski definition) is 3. The molecule has 0 saturated carbocycles. The molecule has 0 atom stereocenters. The molecular weight excluding hydrogens is 258 g/mol. The third-order valence-corrected chi connectivity index (χ3v) is 3.04. The third kappa shape index (κ3) is 4.24. The van der Waals surface area contributed by atoms with Crippen LogP contribution in [0.25, 0.3) is 0 Å². The molecule has 0 aliphatic rings. The number of hydrogen-bond donors (Lipinski definition) is 2. The van der Waals surface area contributed by atoms with Crippen LogP contribution in [0, 0.1) is 6.92 Å². The summed E-state index contributed by atoms with van der Waals surface area (Å²) in [4.78, 5) is 26.6. The van der Waals surface area contributed by atoms with Crippen molar-refractivity contribution in [1.82, 2.24) is 9.80 Å². The molecule has 0 aromatic heterocycles. The van der Waals surface area contributed by atoms with Gasteiger partial charge < -0.3 is 20.2 Å². The summed E-state index contributed by atoms with van der Waals surface area (Å²) in [5.41, 5.74) is 1.26. The van der Waals surface area contributed by atoms with Crippen molar-refractivity contribution in [3.05, 3.63) is 29.3 Å². The number of rotatable bonds is 5. The fourth-order valence-electron chi connectivity index (χ4n) is 1.66. The second-order valence-corrected chi connectivity index (χ2v) is 4.94. The molecular formula is C14H21N3O3. The van der Waals surface area contributed by atoms with Crippen molar-refractivity contribution in [2.24, 2.45) is 0 Å². The van der Waals surface area contributed by atoms with Gasteiger partial charge in [0.2, 0.25) is 0 Å². The molecule has 110 valence electrons. The minimum atomic E-state index is -1.00. The second kappa shape index (κ2) is 6.91. The first-order chi connectivity index (χ1) is 9.32. The fraction of sp³-hybridized carbons (Fsp3) is 0.429. The highest BCUT2D eigenvalue weighted by molar-refractivity contribution is 5.95. The quantitative estimate of drug-likeness (QED) is 0.860. The number of aromatic carboxylic acids is 1. The lowest BCUT2D eigenvalue weighted by Crippen LogP contribution is -2.36. The SMILES string of the molecule is Cc1c(NC(=O)N(C)CCN(C)C)cccc1C(=O)O. The van der Waals surface area contributed by atoms with Gasteiger partial charge in [-0.25, -0.2) is 9.59 Å². The number of carbonyl (C=O) groups excluding carboxylic acids is 1. The molecule has 0 heterocycles. The van der Waals surface area contributed by atoms with Crippen molar-refractivity contribution in [1.29, 1.82) is 0 Å². The van der Waals surface area contributed by atoms with Crippen molar-refractivity contribution < 1.29 is 14.7 Å². The number of likely N-dealkylation sites (N-methyl/N-ethyl adjacent to an activating group) is 2. The molecule has 0 unspecified atom stereocenters. The Labute approximate surface area is 119 Å². The number of nitrogens with zero attached hydrogens (tertiary/aromatic N) is 2. The molecule has 1 aromatic carbocycles. The minimum Gasteiger partial charge on any atom is -0.478 e. The van der Waals surface area contributed by atoms with E-state index in [4.69, 9.17) is 5.11 Å². The van der Waals surface area contributed by atoms with Crippen molar-refractivity contribution >= 4 is 17.7 Å². The average molecular weight is 279 g/mol. The molecule has 0 aliphatic heterocycles. The van der Waals surface area contributed by atoms with Gasteiger partial charge in [0.15, 0.2) is 0 Å². The van der Waals surface area contributed by atoms with E-state index >= 15 is 0 Å². The van der Waals surface area contributed by atoms with Gasteiger partial charge in [-0.15, -0.1) is 0 Å². The van der Waals surface area contributed by atoms with Crippen LogP contribution in [0.3, 0.4) is 0 Å². The predicted octanol–water partition coefficient (Wildman–Crippen LogP) is 1.72. The van der Waals surface area contributed by atoms with Crippen LogP contribution in [-0.4, -0.2) is 61.1 Å². The van der Waals surface area contributed by atoms with E-state index in [0.29, 0.717) is 17.8 Å². The minimum absolute atomic E-state index is 0.193. The Kier molecular flexibility index (Phi) is 5.52. The summed E-state index contributed by atoms with van der Waals surface area (Å²) in [6.45, 7) is 3.04. The summed E-state index contributed by atoms with van der Waals surface area (Å²) in [5.74, 6) is -1.00. The molecule has 6 heteroatoms. The molecule has 2 amide bonds. The van der Waals surface area contributed by atoms with E-state index in [2.05, 4.69) is 5.32 Å². The van der Waals surface area contributed by atoms with Gasteiger partial charge in [0.25, 0.3) is 0 Å². The van der Waals surface area contributed by atoms with E-state index in [1.54, 1.807) is 31.0 Å². The largest absolute Gasteiger partial charge is 0.478 e. The first kappa shape index (κ1) is 16.0. The highest BCUT2D eigenvalue weighted by atomic mass is 16.4. The van der Waals surface area contributed by atoms with Gasteiger partial charge in [0, 0.05) is 25.8 Å². The molecule has 0 fully saturated rings. The Bertz CT molecular complexity index is 500. The summed E-state index contributed by atoms with van der Waals surface area (Å²) in [5, 5.41) is 11.8. The highest BCUT2D eigenvalue weighted by Gasteiger charge is 2.14. The Balaban J connectivity index is 2.76. The molecule has 20 heavy (non-hydrogen) atoms. The monoisotopic (exact) mass is 279 g/mol. The maximum absolute atomic E-state index is 12.0. The molecule has 0 bridgehead atoms. The van der Waals surface area contributed by atoms with Gasteiger partial charge in [0.1, 0.15) is 0 Å². The van der Waals surface area contributed by atoms with Gasteiger partial charge in [0.05, 0.1) is 5.56 Å². The van der Waals surface area contributed by atoms with E-state index in [1.165, 1.54) is 6.07 Å². The predicted molar refractivity (Wildman–Crippen MR) is 78.3 cm³/mol. The zero-order chi connectivity index (χ0) is 15.3. The number of carboxylic acid groups (broad SMARTS) is 1. The number of amides is 2. The van der Waals surface area contributed by atoms with Crippen LogP contribution in [0.1, 0.15) is 15.9 Å².